The molecule has 2 heterocycles. The van der Waals surface area contributed by atoms with Crippen molar-refractivity contribution in [1.82, 2.24) is 15.1 Å². The van der Waals surface area contributed by atoms with Gasteiger partial charge in [-0.15, -0.1) is 23.1 Å². The fourth-order valence-electron chi connectivity index (χ4n) is 6.01. The number of carbonyl (C=O) groups excluding carboxylic acids is 2. The van der Waals surface area contributed by atoms with Gasteiger partial charge in [-0.3, -0.25) is 24.3 Å². The van der Waals surface area contributed by atoms with Gasteiger partial charge in [0.05, 0.1) is 58.6 Å². The molecule has 4 aromatic rings. The van der Waals surface area contributed by atoms with Crippen molar-refractivity contribution < 1.29 is 52.5 Å². The number of fused-ring (bicyclic) bond motifs is 1. The third-order valence-electron chi connectivity index (χ3n) is 8.97. The van der Waals surface area contributed by atoms with Crippen LogP contribution in [-0.2, 0) is 35.5 Å². The smallest absolute Gasteiger partial charge is 0.442 e. The number of aromatic nitrogens is 2. The van der Waals surface area contributed by atoms with Crippen LogP contribution in [0.2, 0.25) is 10.0 Å². The molecule has 0 aliphatic carbocycles. The number of hydrogen-bond donors (Lipinski definition) is 4. The molecular formula is C44H55Cl5N5O12P. The summed E-state index contributed by atoms with van der Waals surface area (Å²) < 4.78 is 32.3. The Bertz CT molecular complexity index is 2430. The van der Waals surface area contributed by atoms with Gasteiger partial charge in [-0.25, -0.2) is 4.79 Å². The van der Waals surface area contributed by atoms with Gasteiger partial charge in [0.15, 0.2) is 4.84 Å². The van der Waals surface area contributed by atoms with E-state index >= 15 is 0 Å². The number of anilines is 2. The monoisotopic (exact) mass is 1050 g/mol. The maximum absolute atomic E-state index is 12.2. The Morgan fingerprint density at radius 1 is 1.09 bits per heavy atom. The van der Waals surface area contributed by atoms with Crippen LogP contribution >= 0.6 is 65.6 Å². The number of aryl methyl sites for hydroxylation is 2. The van der Waals surface area contributed by atoms with Crippen LogP contribution in [-0.4, -0.2) is 105 Å². The number of amides is 2. The predicted octanol–water partition coefficient (Wildman–Crippen LogP) is 8.01. The molecule has 0 bridgehead atoms. The Labute approximate surface area is 414 Å². The molecule has 0 spiro atoms. The molecule has 0 fully saturated rings. The fourth-order valence-corrected chi connectivity index (χ4v) is 7.27. The van der Waals surface area contributed by atoms with Crippen LogP contribution in [0.1, 0.15) is 58.6 Å². The highest BCUT2D eigenvalue weighted by Gasteiger charge is 2.32. The minimum Gasteiger partial charge on any atom is -0.489 e. The van der Waals surface area contributed by atoms with Crippen molar-refractivity contribution in [3.63, 3.8) is 0 Å². The molecule has 1 aliphatic rings. The van der Waals surface area contributed by atoms with Gasteiger partial charge in [-0.2, -0.15) is 4.68 Å². The van der Waals surface area contributed by atoms with Crippen LogP contribution in [0.3, 0.4) is 0 Å². The number of aliphatic carboxylic acids is 1. The lowest BCUT2D eigenvalue weighted by atomic mass is 9.97. The molecule has 1 aromatic heterocycles. The Morgan fingerprint density at radius 2 is 1.75 bits per heavy atom. The molecule has 4 N–H and O–H groups in total. The summed E-state index contributed by atoms with van der Waals surface area (Å²) in [6, 6.07) is 16.3. The minimum atomic E-state index is -4.10. The fraction of sp³-hybridized carbons (Fsp3) is 0.432. The van der Waals surface area contributed by atoms with Gasteiger partial charge in [0.25, 0.3) is 5.91 Å². The normalized spacial score (nSPS) is 13.5. The Hall–Kier alpha value is -4.31. The first-order chi connectivity index (χ1) is 31.3. The number of terminal acetylenes is 1. The summed E-state index contributed by atoms with van der Waals surface area (Å²) in [6.45, 7) is 14.2. The first-order valence-corrected chi connectivity index (χ1v) is 24.2. The average molecular weight is 1050 g/mol. The van der Waals surface area contributed by atoms with Crippen molar-refractivity contribution in [3.8, 4) is 29.5 Å². The SMILES string of the molecule is C#CCOc1cc(-n2nc(C(C)(C)C)oc2=O)c(Cl)cc1Cl.CC1COc2ccccc2N1C(=O)C(Cl)Cl.CCc1cccc(C)c1N(C(=O)CCl)C(C)COC.O=C(O)CNCP(=O)(O)O. The molecule has 3 aromatic carbocycles. The molecule has 5 rings (SSSR count). The van der Waals surface area contributed by atoms with Gasteiger partial charge < -0.3 is 43.3 Å². The van der Waals surface area contributed by atoms with Crippen molar-refractivity contribution in [1.29, 1.82) is 0 Å². The highest BCUT2D eigenvalue weighted by molar-refractivity contribution is 7.51. The summed E-state index contributed by atoms with van der Waals surface area (Å²) in [6.07, 6.45) is 5.43. The topological polar surface area (TPSA) is 223 Å². The van der Waals surface area contributed by atoms with E-state index in [2.05, 4.69) is 29.3 Å². The van der Waals surface area contributed by atoms with Crippen molar-refractivity contribution in [3.05, 3.63) is 92.2 Å². The largest absolute Gasteiger partial charge is 0.489 e. The number of hydrogen-bond acceptors (Lipinski definition) is 11. The lowest BCUT2D eigenvalue weighted by molar-refractivity contribution is -0.135. The lowest BCUT2D eigenvalue weighted by Crippen LogP contribution is -2.47. The average Bonchev–Trinajstić information content (AvgIpc) is 3.65. The molecule has 23 heteroatoms. The van der Waals surface area contributed by atoms with E-state index < -0.39 is 42.4 Å². The molecular weight excluding hydrogens is 999 g/mol. The van der Waals surface area contributed by atoms with E-state index in [-0.39, 0.29) is 46.4 Å². The summed E-state index contributed by atoms with van der Waals surface area (Å²) in [5, 5.41) is 14.8. The first kappa shape index (κ1) is 58.8. The Kier molecular flexibility index (Phi) is 24.3. The zero-order chi connectivity index (χ0) is 50.8. The van der Waals surface area contributed by atoms with Gasteiger partial charge >= 0.3 is 19.3 Å². The molecule has 67 heavy (non-hydrogen) atoms. The van der Waals surface area contributed by atoms with Crippen LogP contribution in [0.5, 0.6) is 11.5 Å². The molecule has 0 radical (unpaired) electrons. The number of carboxylic acid groups (broad SMARTS) is 1. The Balaban J connectivity index is 0.000000317. The first-order valence-electron chi connectivity index (χ1n) is 20.2. The van der Waals surface area contributed by atoms with Crippen molar-refractivity contribution in [2.75, 3.05) is 55.4 Å². The molecule has 2 unspecified atom stereocenters. The molecule has 17 nitrogen and oxygen atoms in total. The summed E-state index contributed by atoms with van der Waals surface area (Å²) >= 11 is 29.2. The highest BCUT2D eigenvalue weighted by Crippen LogP contribution is 2.36. The molecule has 0 saturated carbocycles. The number of nitrogens with one attached hydrogen (secondary N) is 1. The van der Waals surface area contributed by atoms with Crippen LogP contribution in [0.4, 0.5) is 11.4 Å². The van der Waals surface area contributed by atoms with E-state index in [0.29, 0.717) is 36.3 Å². The van der Waals surface area contributed by atoms with E-state index in [1.165, 1.54) is 12.1 Å². The predicted molar refractivity (Wildman–Crippen MR) is 262 cm³/mol. The quantitative estimate of drug-likeness (QED) is 0.0534. The number of para-hydroxylation sites is 3. The van der Waals surface area contributed by atoms with E-state index in [0.717, 1.165) is 33.6 Å². The van der Waals surface area contributed by atoms with Gasteiger partial charge in [0.1, 0.15) is 30.6 Å². The third kappa shape index (κ3) is 18.3. The standard InChI is InChI=1S/C15H14Cl2N2O3.C15H22ClNO2.C11H11Cl2NO2.C3H8NO5P/c1-5-6-21-12-8-11(9(16)7-10(12)17)19-14(20)22-13(18-19)15(2,3)4;1-5-13-8-6-7-11(2)15(13)17(14(18)9-16)12(3)10-19-4;1-7-6-16-9-5-3-2-4-8(9)14(7)11(15)10(12)13;5-3(6)1-4-2-10(7,8)9/h1,7-8H,6H2,2-4H3;6-8,12H,5,9-10H2,1-4H3;2-5,7,10H,6H2,1H3;4H,1-2H2,(H,5,6)(H2,7,8,9). The number of ether oxygens (including phenoxy) is 3. The van der Waals surface area contributed by atoms with Gasteiger partial charge in [-0.1, -0.05) is 110 Å². The lowest BCUT2D eigenvalue weighted by Gasteiger charge is -2.35. The molecule has 0 saturated heterocycles. The number of methoxy groups -OCH3 is 1. The van der Waals surface area contributed by atoms with Gasteiger partial charge in [0, 0.05) is 18.6 Å². The number of carbonyl (C=O) groups is 3. The second-order valence-electron chi connectivity index (χ2n) is 15.5. The zero-order valence-corrected chi connectivity index (χ0v) is 42.8. The van der Waals surface area contributed by atoms with Crippen LogP contribution in [0, 0.1) is 19.3 Å². The van der Waals surface area contributed by atoms with Crippen molar-refractivity contribution >= 4 is 94.8 Å². The number of benzene rings is 3. The summed E-state index contributed by atoms with van der Waals surface area (Å²) in [5.74, 6) is 1.42. The molecule has 368 valence electrons. The highest BCUT2D eigenvalue weighted by atomic mass is 35.5. The van der Waals surface area contributed by atoms with Crippen LogP contribution in [0.25, 0.3) is 5.69 Å². The summed E-state index contributed by atoms with van der Waals surface area (Å²) in [4.78, 5) is 64.5. The van der Waals surface area contributed by atoms with Crippen LogP contribution in [0.15, 0.2) is 63.8 Å². The molecule has 2 atom stereocenters. The van der Waals surface area contributed by atoms with Crippen LogP contribution < -0.4 is 30.3 Å². The number of alkyl halides is 3. The van der Waals surface area contributed by atoms with Gasteiger partial charge in [-0.05, 0) is 56.5 Å². The molecule has 2 amide bonds. The van der Waals surface area contributed by atoms with E-state index in [9.17, 15) is 23.7 Å². The number of nitrogens with zero attached hydrogens (tertiary/aromatic N) is 4. The number of rotatable bonds is 14. The number of halogens is 5. The van der Waals surface area contributed by atoms with E-state index in [1.54, 1.807) is 16.9 Å². The molecule has 1 aliphatic heterocycles. The third-order valence-corrected chi connectivity index (χ3v) is 10.8. The maximum Gasteiger partial charge on any atom is 0.442 e. The Morgan fingerprint density at radius 3 is 2.28 bits per heavy atom. The second-order valence-corrected chi connectivity index (χ2v) is 19.3. The zero-order valence-electron chi connectivity index (χ0n) is 38.1. The second kappa shape index (κ2) is 27.6. The minimum absolute atomic E-state index is 0.0223. The van der Waals surface area contributed by atoms with Gasteiger partial charge in [0.2, 0.25) is 11.8 Å². The van der Waals surface area contributed by atoms with Crippen molar-refractivity contribution in [2.45, 2.75) is 77.2 Å². The number of carboxylic acids is 1. The van der Waals surface area contributed by atoms with Crippen molar-refractivity contribution in [2.24, 2.45) is 0 Å². The summed E-state index contributed by atoms with van der Waals surface area (Å²) in [5.41, 5.74) is 3.83. The van der Waals surface area contributed by atoms with E-state index in [4.69, 9.17) is 97.9 Å². The maximum atomic E-state index is 12.2. The van der Waals surface area contributed by atoms with E-state index in [1.807, 2.05) is 77.9 Å². The summed E-state index contributed by atoms with van der Waals surface area (Å²) in [7, 11) is -2.46.